The van der Waals surface area contributed by atoms with Crippen LogP contribution in [0.15, 0.2) is 0 Å². The molecule has 0 aromatic rings. The third-order valence-corrected chi connectivity index (χ3v) is 4.79. The van der Waals surface area contributed by atoms with Gasteiger partial charge in [0.15, 0.2) is 0 Å². The van der Waals surface area contributed by atoms with E-state index in [9.17, 15) is 14.4 Å². The van der Waals surface area contributed by atoms with Crippen LogP contribution in [-0.2, 0) is 23.9 Å². The number of hydrogen-bond acceptors (Lipinski definition) is 5. The molecule has 23 heavy (non-hydrogen) atoms. The Bertz CT molecular complexity index is 459. The van der Waals surface area contributed by atoms with Crippen LogP contribution >= 0.6 is 0 Å². The van der Waals surface area contributed by atoms with Gasteiger partial charge in [-0.2, -0.15) is 0 Å². The van der Waals surface area contributed by atoms with Gasteiger partial charge in [-0.05, 0) is 19.8 Å². The Labute approximate surface area is 136 Å². The summed E-state index contributed by atoms with van der Waals surface area (Å²) >= 11 is 0. The fraction of sp³-hybridized carbons (Fsp3) is 0.812. The average molecular weight is 326 g/mol. The zero-order valence-corrected chi connectivity index (χ0v) is 14.1. The number of piperidine rings is 1. The first-order valence-electron chi connectivity index (χ1n) is 8.13. The lowest BCUT2D eigenvalue weighted by Crippen LogP contribution is -2.44. The number of ether oxygens (including phenoxy) is 2. The molecule has 2 aliphatic heterocycles. The Kier molecular flexibility index (Phi) is 5.98. The fourth-order valence-electron chi connectivity index (χ4n) is 3.41. The molecule has 0 unspecified atom stereocenters. The highest BCUT2D eigenvalue weighted by atomic mass is 16.5. The van der Waals surface area contributed by atoms with E-state index in [4.69, 9.17) is 9.47 Å². The molecule has 0 spiro atoms. The summed E-state index contributed by atoms with van der Waals surface area (Å²) in [6, 6.07) is -0.0182. The number of hydrogen-bond donors (Lipinski definition) is 0. The third-order valence-electron chi connectivity index (χ3n) is 4.79. The molecule has 0 radical (unpaired) electrons. The topological polar surface area (TPSA) is 76.2 Å². The number of nitrogens with zero attached hydrogens (tertiary/aromatic N) is 2. The first-order chi connectivity index (χ1) is 11.0. The zero-order valence-electron chi connectivity index (χ0n) is 14.1. The van der Waals surface area contributed by atoms with Crippen LogP contribution in [0.4, 0.5) is 0 Å². The average Bonchev–Trinajstić information content (AvgIpc) is 2.95. The highest BCUT2D eigenvalue weighted by Gasteiger charge is 2.39. The minimum Gasteiger partial charge on any atom is -0.469 e. The molecule has 2 rings (SSSR count). The molecule has 2 amide bonds. The standard InChI is InChI=1S/C16H26N2O5/c1-11(10-22-2)18-9-13(8-14(18)19)15(20)17-6-4-12(5-7-17)16(21)23-3/h11-13H,4-10H2,1-3H3/t11-,13+/m0/s1. The minimum absolute atomic E-state index is 0.0114. The highest BCUT2D eigenvalue weighted by Crippen LogP contribution is 2.25. The van der Waals surface area contributed by atoms with Gasteiger partial charge in [-0.15, -0.1) is 0 Å². The molecule has 0 bridgehead atoms. The molecule has 2 saturated heterocycles. The van der Waals surface area contributed by atoms with Gasteiger partial charge in [-0.3, -0.25) is 14.4 Å². The zero-order chi connectivity index (χ0) is 17.0. The second kappa shape index (κ2) is 7.77. The van der Waals surface area contributed by atoms with Crippen molar-refractivity contribution in [3.8, 4) is 0 Å². The number of rotatable bonds is 5. The Morgan fingerprint density at radius 1 is 1.22 bits per heavy atom. The summed E-state index contributed by atoms with van der Waals surface area (Å²) in [6.45, 7) is 3.96. The monoisotopic (exact) mass is 326 g/mol. The van der Waals surface area contributed by atoms with E-state index in [0.717, 1.165) is 0 Å². The molecule has 2 aliphatic rings. The molecule has 0 aliphatic carbocycles. The van der Waals surface area contributed by atoms with Gasteiger partial charge in [0.05, 0.1) is 31.6 Å². The maximum Gasteiger partial charge on any atom is 0.308 e. The van der Waals surface area contributed by atoms with Gasteiger partial charge in [-0.25, -0.2) is 0 Å². The molecule has 2 fully saturated rings. The van der Waals surface area contributed by atoms with Crippen LogP contribution in [0.5, 0.6) is 0 Å². The van der Waals surface area contributed by atoms with E-state index < -0.39 is 0 Å². The number of esters is 1. The van der Waals surface area contributed by atoms with Gasteiger partial charge in [-0.1, -0.05) is 0 Å². The number of amides is 2. The predicted octanol–water partition coefficient (Wildman–Crippen LogP) is 0.281. The Balaban J connectivity index is 1.87. The maximum atomic E-state index is 12.6. The number of likely N-dealkylation sites (tertiary alicyclic amines) is 2. The Hall–Kier alpha value is -1.63. The van der Waals surface area contributed by atoms with Crippen LogP contribution in [0.2, 0.25) is 0 Å². The van der Waals surface area contributed by atoms with Crippen molar-refractivity contribution in [1.29, 1.82) is 0 Å². The Morgan fingerprint density at radius 3 is 2.43 bits per heavy atom. The fourth-order valence-corrected chi connectivity index (χ4v) is 3.41. The van der Waals surface area contributed by atoms with Crippen molar-refractivity contribution < 1.29 is 23.9 Å². The molecule has 0 aromatic heterocycles. The lowest BCUT2D eigenvalue weighted by atomic mass is 9.95. The van der Waals surface area contributed by atoms with Crippen molar-refractivity contribution in [3.63, 3.8) is 0 Å². The van der Waals surface area contributed by atoms with Crippen molar-refractivity contribution in [1.82, 2.24) is 9.80 Å². The maximum absolute atomic E-state index is 12.6. The number of methoxy groups -OCH3 is 2. The van der Waals surface area contributed by atoms with Crippen LogP contribution in [0.1, 0.15) is 26.2 Å². The van der Waals surface area contributed by atoms with E-state index in [2.05, 4.69) is 0 Å². The summed E-state index contributed by atoms with van der Waals surface area (Å²) < 4.78 is 9.85. The van der Waals surface area contributed by atoms with E-state index in [0.29, 0.717) is 39.1 Å². The van der Waals surface area contributed by atoms with Gasteiger partial charge in [0.25, 0.3) is 0 Å². The van der Waals surface area contributed by atoms with Crippen molar-refractivity contribution in [2.24, 2.45) is 11.8 Å². The van der Waals surface area contributed by atoms with E-state index in [-0.39, 0.29) is 42.1 Å². The molecular formula is C16H26N2O5. The smallest absolute Gasteiger partial charge is 0.308 e. The summed E-state index contributed by atoms with van der Waals surface area (Å²) in [7, 11) is 2.99. The van der Waals surface area contributed by atoms with Crippen LogP contribution in [0.3, 0.4) is 0 Å². The predicted molar refractivity (Wildman–Crippen MR) is 82.5 cm³/mol. The molecule has 2 atom stereocenters. The van der Waals surface area contributed by atoms with Crippen LogP contribution < -0.4 is 0 Å². The molecule has 2 heterocycles. The van der Waals surface area contributed by atoms with Crippen molar-refractivity contribution >= 4 is 17.8 Å². The lowest BCUT2D eigenvalue weighted by Gasteiger charge is -2.32. The third kappa shape index (κ3) is 4.02. The lowest BCUT2D eigenvalue weighted by molar-refractivity contribution is -0.149. The Morgan fingerprint density at radius 2 is 1.87 bits per heavy atom. The van der Waals surface area contributed by atoms with Gasteiger partial charge in [0.2, 0.25) is 11.8 Å². The van der Waals surface area contributed by atoms with Crippen molar-refractivity contribution in [2.75, 3.05) is 40.5 Å². The summed E-state index contributed by atoms with van der Waals surface area (Å²) in [5.74, 6) is -0.567. The van der Waals surface area contributed by atoms with E-state index in [1.807, 2.05) is 6.92 Å². The molecular weight excluding hydrogens is 300 g/mol. The highest BCUT2D eigenvalue weighted by molar-refractivity contribution is 5.89. The second-order valence-electron chi connectivity index (χ2n) is 6.37. The first-order valence-corrected chi connectivity index (χ1v) is 8.13. The summed E-state index contributed by atoms with van der Waals surface area (Å²) in [5.41, 5.74) is 0. The van der Waals surface area contributed by atoms with E-state index in [1.54, 1.807) is 16.9 Å². The minimum atomic E-state index is -0.281. The SMILES string of the molecule is COC[C@H](C)N1C[C@H](C(=O)N2CCC(C(=O)OC)CC2)CC1=O. The summed E-state index contributed by atoms with van der Waals surface area (Å²) in [4.78, 5) is 39.8. The quantitative estimate of drug-likeness (QED) is 0.678. The molecule has 0 saturated carbocycles. The van der Waals surface area contributed by atoms with E-state index in [1.165, 1.54) is 7.11 Å². The first kappa shape index (κ1) is 17.7. The summed E-state index contributed by atoms with van der Waals surface area (Å²) in [5, 5.41) is 0. The van der Waals surface area contributed by atoms with Crippen molar-refractivity contribution in [3.05, 3.63) is 0 Å². The van der Waals surface area contributed by atoms with Crippen molar-refractivity contribution in [2.45, 2.75) is 32.2 Å². The molecule has 130 valence electrons. The molecule has 7 nitrogen and oxygen atoms in total. The van der Waals surface area contributed by atoms with Crippen LogP contribution in [-0.4, -0.2) is 74.1 Å². The largest absolute Gasteiger partial charge is 0.469 e. The van der Waals surface area contributed by atoms with E-state index >= 15 is 0 Å². The molecule has 0 N–H and O–H groups in total. The molecule has 0 aromatic carbocycles. The van der Waals surface area contributed by atoms with Gasteiger partial charge in [0, 0.05) is 33.2 Å². The molecule has 7 heteroatoms. The number of carbonyl (C=O) groups is 3. The van der Waals surface area contributed by atoms with Gasteiger partial charge >= 0.3 is 5.97 Å². The van der Waals surface area contributed by atoms with Crippen LogP contribution in [0, 0.1) is 11.8 Å². The van der Waals surface area contributed by atoms with Gasteiger partial charge < -0.3 is 19.3 Å². The normalized spacial score (nSPS) is 24.0. The number of carbonyl (C=O) groups excluding carboxylic acids is 3. The van der Waals surface area contributed by atoms with Crippen LogP contribution in [0.25, 0.3) is 0 Å². The van der Waals surface area contributed by atoms with Gasteiger partial charge in [0.1, 0.15) is 0 Å². The second-order valence-corrected chi connectivity index (χ2v) is 6.37. The summed E-state index contributed by atoms with van der Waals surface area (Å²) in [6.07, 6.45) is 1.52.